The molecule has 0 fully saturated rings. The van der Waals surface area contributed by atoms with Crippen molar-refractivity contribution in [2.45, 2.75) is 0 Å². The first-order valence-corrected chi connectivity index (χ1v) is 0. The molecule has 0 unspecified atom stereocenters. The summed E-state index contributed by atoms with van der Waals surface area (Å²) in [6.45, 7) is 0. The molecule has 0 heterocycles. The van der Waals surface area contributed by atoms with Gasteiger partial charge in [-0.05, 0) is 0 Å². The summed E-state index contributed by atoms with van der Waals surface area (Å²) in [5.74, 6) is 0. The van der Waals surface area contributed by atoms with E-state index in [1.807, 2.05) is 0 Å². The van der Waals surface area contributed by atoms with E-state index in [1.54, 1.807) is 0 Å². The van der Waals surface area contributed by atoms with Gasteiger partial charge in [-0.25, -0.2) is 0 Å². The Kier molecular flexibility index (Phi) is 178. The van der Waals surface area contributed by atoms with Gasteiger partial charge in [-0.15, -0.1) is 0 Å². The van der Waals surface area contributed by atoms with Gasteiger partial charge in [-0.1, -0.05) is 0 Å². The Morgan fingerprint density at radius 1 is 0.750 bits per heavy atom. The molecule has 0 spiro atoms. The zero-order valence-electron chi connectivity index (χ0n) is 1.63. The van der Waals surface area contributed by atoms with Gasteiger partial charge in [0.15, 0.2) is 0 Å². The van der Waals surface area contributed by atoms with Crippen molar-refractivity contribution in [3.63, 3.8) is 0 Å². The van der Waals surface area contributed by atoms with Crippen molar-refractivity contribution < 1.29 is 42.1 Å². The Hall–Kier alpha value is 2.08. The zero-order valence-corrected chi connectivity index (χ0v) is 7.28. The van der Waals surface area contributed by atoms with Crippen LogP contribution in [-0.2, 0) is 69.1 Å². The number of rotatable bonds is 0. The second-order valence-electron chi connectivity index (χ2n) is 0. The third-order valence-corrected chi connectivity index (χ3v) is 0. The first-order chi connectivity index (χ1) is 0. The molecule has 0 N–H and O–H groups in total. The topological polar surface area (TPSA) is 0 Å². The summed E-state index contributed by atoms with van der Waals surface area (Å²) in [7, 11) is 0. The molecule has 0 amide bonds. The van der Waals surface area contributed by atoms with Crippen molar-refractivity contribution in [2.24, 2.45) is 0 Å². The third-order valence-electron chi connectivity index (χ3n) is 0. The second kappa shape index (κ2) is 19.6. The van der Waals surface area contributed by atoms with E-state index in [0.29, 0.717) is 0 Å². The zero-order chi connectivity index (χ0) is 0. The van der Waals surface area contributed by atoms with Gasteiger partial charge in [0.25, 0.3) is 0 Å². The molecule has 0 atom stereocenters. The summed E-state index contributed by atoms with van der Waals surface area (Å²) in [6, 6.07) is 0. The van der Waals surface area contributed by atoms with Crippen LogP contribution in [-0.4, -0.2) is 0 Å². The van der Waals surface area contributed by atoms with Crippen molar-refractivity contribution in [2.75, 3.05) is 0 Å². The Balaban J connectivity index is 0. The second-order valence-corrected chi connectivity index (χ2v) is 0. The first-order valence-electron chi connectivity index (χ1n) is 0. The maximum absolute atomic E-state index is 0. The maximum Gasteiger partial charge on any atom is 4.00 e. The Morgan fingerprint density at radius 3 is 0.750 bits per heavy atom. The minimum absolute atomic E-state index is 0. The van der Waals surface area contributed by atoms with E-state index >= 15 is 0 Å². The van der Waals surface area contributed by atoms with E-state index in [0.717, 1.165) is 0 Å². The first kappa shape index (κ1) is 36.3. The van der Waals surface area contributed by atoms with Crippen molar-refractivity contribution in [1.82, 2.24) is 0 Å². The predicted molar refractivity (Wildman–Crippen MR) is 14.7 cm³/mol. The van der Waals surface area contributed by atoms with Crippen LogP contribution < -0.4 is 0 Å². The molecule has 0 aliphatic carbocycles. The molecule has 0 radical (unpaired) electrons. The Morgan fingerprint density at radius 2 is 0.750 bits per heavy atom. The summed E-state index contributed by atoms with van der Waals surface area (Å²) >= 11 is 0. The molecule has 4 heteroatoms. The fraction of sp³-hybridized carbons (Fsp3) is 0. The van der Waals surface area contributed by atoms with Gasteiger partial charge in [0, 0.05) is 21.1 Å². The molecule has 0 bridgehead atoms. The average Bonchev–Trinajstić information content (AvgIpc) is 0. The maximum atomic E-state index is 0. The largest absolute Gasteiger partial charge is 4.00 e. The van der Waals surface area contributed by atoms with Gasteiger partial charge in [-0.2, -0.15) is 0 Å². The van der Waals surface area contributed by atoms with E-state index in [-0.39, 0.29) is 69.1 Å². The summed E-state index contributed by atoms with van der Waals surface area (Å²) < 4.78 is 0. The summed E-state index contributed by atoms with van der Waals surface area (Å²) in [5, 5.41) is 0. The normalized spacial score (nSPS) is 0. The van der Waals surface area contributed by atoms with Crippen LogP contribution in [0.5, 0.6) is 0 Å². The molecule has 0 aromatic heterocycles. The van der Waals surface area contributed by atoms with E-state index in [2.05, 4.69) is 0 Å². The van der Waals surface area contributed by atoms with Crippen molar-refractivity contribution in [1.29, 1.82) is 0 Å². The van der Waals surface area contributed by atoms with Crippen LogP contribution in [0.15, 0.2) is 0 Å². The number of hydrogen-bond donors (Lipinski definition) is 0. The molecule has 0 aliphatic rings. The molecular formula is Mo2S2. The summed E-state index contributed by atoms with van der Waals surface area (Å²) in [5.41, 5.74) is 0. The van der Waals surface area contributed by atoms with E-state index < -0.39 is 0 Å². The van der Waals surface area contributed by atoms with Gasteiger partial charge < -0.3 is 27.0 Å². The molecule has 0 saturated carbocycles. The molecule has 0 saturated heterocycles. The molecule has 0 nitrogen and oxygen atoms in total. The van der Waals surface area contributed by atoms with Crippen LogP contribution in [0.4, 0.5) is 0 Å². The predicted octanol–water partition coefficient (Wildman–Crippen LogP) is -0.00980. The van der Waals surface area contributed by atoms with Gasteiger partial charge in [0.1, 0.15) is 0 Å². The Bertz CT molecular complexity index is 4.00. The van der Waals surface area contributed by atoms with Crippen LogP contribution >= 0.6 is 0 Å². The molecule has 0 aromatic rings. The van der Waals surface area contributed by atoms with Crippen molar-refractivity contribution in [3.05, 3.63) is 0 Å². The van der Waals surface area contributed by atoms with E-state index in [4.69, 9.17) is 0 Å². The van der Waals surface area contributed by atoms with E-state index in [1.165, 1.54) is 0 Å². The average molecular weight is 256 g/mol. The van der Waals surface area contributed by atoms with Crippen molar-refractivity contribution >= 4 is 27.0 Å². The SMILES string of the molecule is [Mo+4].[Mo].[S-2].[S-2]. The summed E-state index contributed by atoms with van der Waals surface area (Å²) in [6.07, 6.45) is 0. The smallest absolute Gasteiger partial charge is 2.00 e. The van der Waals surface area contributed by atoms with Gasteiger partial charge in [-0.3, -0.25) is 0 Å². The molecule has 0 aliphatic heterocycles. The minimum atomic E-state index is 0. The number of hydrogen-bond acceptors (Lipinski definition) is 0. The van der Waals surface area contributed by atoms with Crippen LogP contribution in [0, 0.1) is 0 Å². The van der Waals surface area contributed by atoms with Gasteiger partial charge in [0.2, 0.25) is 0 Å². The van der Waals surface area contributed by atoms with Gasteiger partial charge >= 0.3 is 21.1 Å². The van der Waals surface area contributed by atoms with Gasteiger partial charge in [0.05, 0.1) is 0 Å². The Labute approximate surface area is 68.5 Å². The van der Waals surface area contributed by atoms with Crippen LogP contribution in [0.2, 0.25) is 0 Å². The van der Waals surface area contributed by atoms with Crippen LogP contribution in [0.3, 0.4) is 0 Å². The minimum Gasteiger partial charge on any atom is -2.00 e. The van der Waals surface area contributed by atoms with Crippen molar-refractivity contribution in [3.8, 4) is 0 Å². The molecule has 0 aromatic carbocycles. The molecule has 0 rings (SSSR count). The molecular weight excluding hydrogens is 256 g/mol. The standard InChI is InChI=1S/2Mo.2S/q;+4;2*-2. The fourth-order valence-corrected chi connectivity index (χ4v) is 0. The van der Waals surface area contributed by atoms with E-state index in [9.17, 15) is 0 Å². The summed E-state index contributed by atoms with van der Waals surface area (Å²) in [4.78, 5) is 0. The fourth-order valence-electron chi connectivity index (χ4n) is 0. The monoisotopic (exact) mass is 260 g/mol. The third kappa shape index (κ3) is 8.95. The quantitative estimate of drug-likeness (QED) is 0.535. The molecule has 4 heavy (non-hydrogen) atoms. The van der Waals surface area contributed by atoms with Crippen LogP contribution in [0.1, 0.15) is 0 Å². The van der Waals surface area contributed by atoms with Crippen LogP contribution in [0.25, 0.3) is 0 Å². The molecule has 24 valence electrons.